The van der Waals surface area contributed by atoms with E-state index in [9.17, 15) is 4.79 Å². The fraction of sp³-hybridized carbons (Fsp3) is 0.250. The fourth-order valence-corrected chi connectivity index (χ4v) is 1.84. The summed E-state index contributed by atoms with van der Waals surface area (Å²) < 4.78 is 5.11. The lowest BCUT2D eigenvalue weighted by molar-refractivity contribution is -0.131. The predicted molar refractivity (Wildman–Crippen MR) is 63.4 cm³/mol. The summed E-state index contributed by atoms with van der Waals surface area (Å²) in [5.41, 5.74) is 0. The molecular formula is C12H12N4O2. The Kier molecular flexibility index (Phi) is 2.68. The second-order valence-corrected chi connectivity index (χ2v) is 4.10. The normalized spacial score (nSPS) is 16.1. The van der Waals surface area contributed by atoms with E-state index in [-0.39, 0.29) is 11.9 Å². The number of hydrogen-bond acceptors (Lipinski definition) is 4. The minimum atomic E-state index is -0.0187. The summed E-state index contributed by atoms with van der Waals surface area (Å²) in [6.45, 7) is 1.30. The van der Waals surface area contributed by atoms with E-state index in [1.807, 2.05) is 0 Å². The van der Waals surface area contributed by atoms with E-state index in [2.05, 4.69) is 10.2 Å². The van der Waals surface area contributed by atoms with Crippen molar-refractivity contribution in [2.24, 2.45) is 0 Å². The minimum absolute atomic E-state index is 0.0187. The van der Waals surface area contributed by atoms with Crippen LogP contribution in [0, 0.1) is 0 Å². The second kappa shape index (κ2) is 4.48. The third kappa shape index (κ3) is 2.04. The van der Waals surface area contributed by atoms with E-state index < -0.39 is 0 Å². The van der Waals surface area contributed by atoms with Crippen LogP contribution < -0.4 is 0 Å². The zero-order valence-electron chi connectivity index (χ0n) is 9.64. The average molecular weight is 244 g/mol. The molecule has 2 aromatic rings. The van der Waals surface area contributed by atoms with Gasteiger partial charge in [0.1, 0.15) is 11.8 Å². The summed E-state index contributed by atoms with van der Waals surface area (Å²) in [6.07, 6.45) is 8.04. The number of nitrogens with zero attached hydrogens (tertiary/aromatic N) is 4. The molecule has 1 aliphatic rings. The van der Waals surface area contributed by atoms with E-state index in [0.717, 1.165) is 0 Å². The van der Waals surface area contributed by atoms with Gasteiger partial charge in [0.2, 0.25) is 5.91 Å². The second-order valence-electron chi connectivity index (χ2n) is 4.10. The first-order valence-corrected chi connectivity index (χ1v) is 5.69. The van der Waals surface area contributed by atoms with Crippen molar-refractivity contribution in [2.75, 3.05) is 13.1 Å². The Balaban J connectivity index is 1.54. The van der Waals surface area contributed by atoms with Crippen molar-refractivity contribution < 1.29 is 9.21 Å². The summed E-state index contributed by atoms with van der Waals surface area (Å²) in [4.78, 5) is 15.2. The van der Waals surface area contributed by atoms with Crippen molar-refractivity contribution in [3.63, 3.8) is 0 Å². The summed E-state index contributed by atoms with van der Waals surface area (Å²) in [6, 6.07) is 3.78. The molecule has 0 atom stereocenters. The van der Waals surface area contributed by atoms with Gasteiger partial charge in [-0.25, -0.2) is 0 Å². The molecule has 1 saturated heterocycles. The van der Waals surface area contributed by atoms with E-state index in [1.54, 1.807) is 46.6 Å². The van der Waals surface area contributed by atoms with Gasteiger partial charge in [0.25, 0.3) is 0 Å². The number of rotatable bonds is 3. The molecule has 0 spiro atoms. The van der Waals surface area contributed by atoms with Crippen molar-refractivity contribution in [1.82, 2.24) is 19.9 Å². The molecule has 0 unspecified atom stereocenters. The van der Waals surface area contributed by atoms with Gasteiger partial charge in [0.15, 0.2) is 0 Å². The van der Waals surface area contributed by atoms with Crippen LogP contribution in [0.1, 0.15) is 11.8 Å². The van der Waals surface area contributed by atoms with Crippen LogP contribution in [0.25, 0.3) is 6.08 Å². The molecule has 6 nitrogen and oxygen atoms in total. The van der Waals surface area contributed by atoms with Crippen LogP contribution in [-0.2, 0) is 4.79 Å². The molecule has 0 radical (unpaired) electrons. The van der Waals surface area contributed by atoms with Crippen molar-refractivity contribution in [1.29, 1.82) is 0 Å². The predicted octanol–water partition coefficient (Wildman–Crippen LogP) is 0.968. The van der Waals surface area contributed by atoms with Crippen LogP contribution in [0.3, 0.4) is 0 Å². The molecule has 3 rings (SSSR count). The van der Waals surface area contributed by atoms with Crippen LogP contribution in [0.4, 0.5) is 0 Å². The smallest absolute Gasteiger partial charge is 0.246 e. The number of hydrogen-bond donors (Lipinski definition) is 0. The Morgan fingerprint density at radius 1 is 1.39 bits per heavy atom. The minimum Gasteiger partial charge on any atom is -0.465 e. The van der Waals surface area contributed by atoms with E-state index in [4.69, 9.17) is 4.42 Å². The van der Waals surface area contributed by atoms with Gasteiger partial charge in [-0.05, 0) is 18.2 Å². The first-order valence-electron chi connectivity index (χ1n) is 5.69. The largest absolute Gasteiger partial charge is 0.465 e. The van der Waals surface area contributed by atoms with Crippen LogP contribution in [0.5, 0.6) is 0 Å². The van der Waals surface area contributed by atoms with E-state index in [0.29, 0.717) is 18.8 Å². The zero-order chi connectivity index (χ0) is 12.4. The van der Waals surface area contributed by atoms with Gasteiger partial charge in [0.05, 0.1) is 18.7 Å². The van der Waals surface area contributed by atoms with Crippen molar-refractivity contribution >= 4 is 12.0 Å². The van der Waals surface area contributed by atoms with Gasteiger partial charge in [0, 0.05) is 19.2 Å². The van der Waals surface area contributed by atoms with Crippen molar-refractivity contribution in [2.45, 2.75) is 6.04 Å². The van der Waals surface area contributed by atoms with Gasteiger partial charge < -0.3 is 9.32 Å². The molecule has 0 aromatic carbocycles. The maximum Gasteiger partial charge on any atom is 0.246 e. The highest BCUT2D eigenvalue weighted by atomic mass is 16.3. The lowest BCUT2D eigenvalue weighted by atomic mass is 10.1. The molecule has 1 fully saturated rings. The summed E-state index contributed by atoms with van der Waals surface area (Å²) in [5, 5.41) is 8.11. The van der Waals surface area contributed by atoms with Crippen molar-refractivity contribution in [3.8, 4) is 0 Å². The zero-order valence-corrected chi connectivity index (χ0v) is 9.64. The quantitative estimate of drug-likeness (QED) is 0.755. The Labute approximate surface area is 103 Å². The monoisotopic (exact) mass is 244 g/mol. The lowest BCUT2D eigenvalue weighted by Crippen LogP contribution is -2.50. The lowest BCUT2D eigenvalue weighted by Gasteiger charge is -2.37. The van der Waals surface area contributed by atoms with Crippen LogP contribution in [0.2, 0.25) is 0 Å². The molecule has 2 aromatic heterocycles. The van der Waals surface area contributed by atoms with Crippen LogP contribution in [0.15, 0.2) is 41.3 Å². The molecule has 0 bridgehead atoms. The van der Waals surface area contributed by atoms with Crippen molar-refractivity contribution in [3.05, 3.63) is 42.6 Å². The third-order valence-electron chi connectivity index (χ3n) is 2.87. The third-order valence-corrected chi connectivity index (χ3v) is 2.87. The van der Waals surface area contributed by atoms with Gasteiger partial charge in [-0.15, -0.1) is 0 Å². The highest BCUT2D eigenvalue weighted by Gasteiger charge is 2.31. The molecule has 18 heavy (non-hydrogen) atoms. The maximum atomic E-state index is 11.8. The number of aromatic nitrogens is 3. The van der Waals surface area contributed by atoms with Gasteiger partial charge in [-0.2, -0.15) is 15.0 Å². The maximum absolute atomic E-state index is 11.8. The highest BCUT2D eigenvalue weighted by molar-refractivity contribution is 5.92. The SMILES string of the molecule is O=C(C=Cc1ccco1)N1CC(n2nccn2)C1. The topological polar surface area (TPSA) is 64.2 Å². The first kappa shape index (κ1) is 10.8. The first-order chi connectivity index (χ1) is 8.83. The molecule has 1 amide bonds. The number of carbonyl (C=O) groups is 1. The van der Waals surface area contributed by atoms with Crippen LogP contribution >= 0.6 is 0 Å². The number of carbonyl (C=O) groups excluding carboxylic acids is 1. The molecule has 0 N–H and O–H groups in total. The Morgan fingerprint density at radius 2 is 2.17 bits per heavy atom. The average Bonchev–Trinajstić information content (AvgIpc) is 2.97. The Morgan fingerprint density at radius 3 is 2.83 bits per heavy atom. The van der Waals surface area contributed by atoms with E-state index >= 15 is 0 Å². The molecule has 3 heterocycles. The molecule has 0 aliphatic carbocycles. The summed E-state index contributed by atoms with van der Waals surface area (Å²) in [7, 11) is 0. The number of furan rings is 1. The highest BCUT2D eigenvalue weighted by Crippen LogP contribution is 2.19. The molecule has 92 valence electrons. The summed E-state index contributed by atoms with van der Waals surface area (Å²) >= 11 is 0. The standard InChI is InChI=1S/C12H12N4O2/c17-12(4-3-11-2-1-7-18-11)15-8-10(9-15)16-13-5-6-14-16/h1-7,10H,8-9H2. The Hall–Kier alpha value is -2.37. The molecule has 0 saturated carbocycles. The summed E-state index contributed by atoms with van der Waals surface area (Å²) in [5.74, 6) is 0.656. The number of likely N-dealkylation sites (tertiary alicyclic amines) is 1. The molecule has 6 heteroatoms. The Bertz CT molecular complexity index is 539. The molecular weight excluding hydrogens is 232 g/mol. The van der Waals surface area contributed by atoms with Crippen LogP contribution in [-0.4, -0.2) is 38.9 Å². The van der Waals surface area contributed by atoms with Gasteiger partial charge in [-0.1, -0.05) is 0 Å². The molecule has 1 aliphatic heterocycles. The van der Waals surface area contributed by atoms with Gasteiger partial charge in [-0.3, -0.25) is 4.79 Å². The number of amides is 1. The fourth-order valence-electron chi connectivity index (χ4n) is 1.84. The van der Waals surface area contributed by atoms with Gasteiger partial charge >= 0.3 is 0 Å². The van der Waals surface area contributed by atoms with E-state index in [1.165, 1.54) is 6.08 Å².